The van der Waals surface area contributed by atoms with E-state index in [0.29, 0.717) is 16.3 Å². The molecule has 1 fully saturated rings. The molecule has 0 radical (unpaired) electrons. The Hall–Kier alpha value is -2.75. The highest BCUT2D eigenvalue weighted by atomic mass is 32.2. The summed E-state index contributed by atoms with van der Waals surface area (Å²) in [5.41, 5.74) is 0.997. The van der Waals surface area contributed by atoms with Gasteiger partial charge in [0.05, 0.1) is 28.2 Å². The second-order valence-corrected chi connectivity index (χ2v) is 17.4. The van der Waals surface area contributed by atoms with Crippen molar-refractivity contribution in [3.05, 3.63) is 58.3 Å². The van der Waals surface area contributed by atoms with Crippen molar-refractivity contribution in [1.82, 2.24) is 20.0 Å². The van der Waals surface area contributed by atoms with Crippen LogP contribution < -0.4 is 15.2 Å². The zero-order valence-electron chi connectivity index (χ0n) is 24.2. The highest BCUT2D eigenvalue weighted by Crippen LogP contribution is 2.40. The topological polar surface area (TPSA) is 161 Å². The Balaban J connectivity index is 1.52. The summed E-state index contributed by atoms with van der Waals surface area (Å²) in [4.78, 5) is 23.2. The van der Waals surface area contributed by atoms with Crippen LogP contribution in [-0.4, -0.2) is 38.2 Å². The van der Waals surface area contributed by atoms with Crippen molar-refractivity contribution in [3.63, 3.8) is 0 Å². The number of thiazole rings is 2. The fourth-order valence-corrected chi connectivity index (χ4v) is 9.58. The van der Waals surface area contributed by atoms with Gasteiger partial charge in [0.15, 0.2) is 9.22 Å². The second-order valence-electron chi connectivity index (χ2n) is 11.8. The molecule has 0 unspecified atom stereocenters. The van der Waals surface area contributed by atoms with Crippen molar-refractivity contribution in [1.29, 1.82) is 0 Å². The van der Waals surface area contributed by atoms with Crippen molar-refractivity contribution in [2.24, 2.45) is 11.1 Å². The van der Waals surface area contributed by atoms with Gasteiger partial charge in [-0.05, 0) is 44.6 Å². The van der Waals surface area contributed by atoms with E-state index in [2.05, 4.69) is 15.0 Å². The molecule has 1 amide bonds. The maximum atomic E-state index is 13.4. The van der Waals surface area contributed by atoms with Gasteiger partial charge in [0.25, 0.3) is 5.91 Å². The number of benzene rings is 2. The molecule has 43 heavy (non-hydrogen) atoms. The van der Waals surface area contributed by atoms with E-state index in [1.54, 1.807) is 32.9 Å². The third-order valence-electron chi connectivity index (χ3n) is 7.17. The monoisotopic (exact) mass is 661 g/mol. The molecule has 2 heterocycles. The first-order valence-electron chi connectivity index (χ1n) is 14.0. The van der Waals surface area contributed by atoms with E-state index in [4.69, 9.17) is 10.1 Å². The van der Waals surface area contributed by atoms with Crippen LogP contribution in [0.25, 0.3) is 21.2 Å². The van der Waals surface area contributed by atoms with E-state index in [-0.39, 0.29) is 20.7 Å². The van der Waals surface area contributed by atoms with Gasteiger partial charge in [-0.2, -0.15) is 0 Å². The van der Waals surface area contributed by atoms with Crippen LogP contribution in [-0.2, 0) is 33.0 Å². The van der Waals surface area contributed by atoms with Crippen molar-refractivity contribution in [2.45, 2.75) is 80.5 Å². The van der Waals surface area contributed by atoms with Gasteiger partial charge in [0.2, 0.25) is 20.0 Å². The smallest absolute Gasteiger partial charge is 0.280 e. The number of nitrogens with one attached hydrogen (secondary N) is 2. The Kier molecular flexibility index (Phi) is 9.08. The molecule has 1 saturated carbocycles. The minimum atomic E-state index is -3.87. The predicted octanol–water partition coefficient (Wildman–Crippen LogP) is 5.20. The molecule has 2 aromatic carbocycles. The Bertz CT molecular complexity index is 1870. The lowest BCUT2D eigenvalue weighted by molar-refractivity contribution is 0.0950. The molecule has 0 atom stereocenters. The third kappa shape index (κ3) is 7.49. The largest absolute Gasteiger partial charge is 0.343 e. The quantitative estimate of drug-likeness (QED) is 0.222. The van der Waals surface area contributed by atoms with Crippen LogP contribution >= 0.6 is 22.7 Å². The number of sulfonamides is 2. The number of primary sulfonamides is 1. The van der Waals surface area contributed by atoms with Gasteiger partial charge in [-0.25, -0.2) is 36.7 Å². The summed E-state index contributed by atoms with van der Waals surface area (Å²) in [5.74, 6) is 0.0609. The lowest BCUT2D eigenvalue weighted by Crippen LogP contribution is -2.40. The average molecular weight is 662 g/mol. The maximum absolute atomic E-state index is 13.4. The Morgan fingerprint density at radius 2 is 1.70 bits per heavy atom. The van der Waals surface area contributed by atoms with Crippen LogP contribution in [0.3, 0.4) is 0 Å². The SMILES string of the molecule is CC(C)(C)NS(=O)(=O)c1ccc(-c2sc(C(=O)NCc3ncc(S(N)(=O)=O)s3)nc2CC2CCCCC2)c2ccccc12. The van der Waals surface area contributed by atoms with Gasteiger partial charge in [0.1, 0.15) is 5.01 Å². The fourth-order valence-electron chi connectivity index (χ4n) is 5.36. The van der Waals surface area contributed by atoms with Crippen molar-refractivity contribution in [2.75, 3.05) is 0 Å². The summed E-state index contributed by atoms with van der Waals surface area (Å²) in [6, 6.07) is 10.8. The molecular weight excluding hydrogens is 627 g/mol. The number of hydrogen-bond acceptors (Lipinski definition) is 9. The number of rotatable bonds is 9. The zero-order valence-corrected chi connectivity index (χ0v) is 27.5. The number of nitrogens with zero attached hydrogens (tertiary/aromatic N) is 2. The zero-order chi connectivity index (χ0) is 31.0. The number of hydrogen-bond donors (Lipinski definition) is 3. The Morgan fingerprint density at radius 3 is 2.35 bits per heavy atom. The lowest BCUT2D eigenvalue weighted by Gasteiger charge is -2.22. The third-order valence-corrected chi connectivity index (χ3v) is 12.5. The van der Waals surface area contributed by atoms with Crippen LogP contribution in [0.2, 0.25) is 0 Å². The van der Waals surface area contributed by atoms with Crippen LogP contribution in [0.1, 0.15) is 73.4 Å². The normalized spacial score (nSPS) is 15.2. The predicted molar refractivity (Wildman–Crippen MR) is 170 cm³/mol. The van der Waals surface area contributed by atoms with E-state index < -0.39 is 31.5 Å². The van der Waals surface area contributed by atoms with Crippen molar-refractivity contribution >= 4 is 59.4 Å². The van der Waals surface area contributed by atoms with E-state index in [1.807, 2.05) is 24.3 Å². The van der Waals surface area contributed by atoms with Crippen molar-refractivity contribution < 1.29 is 21.6 Å². The minimum Gasteiger partial charge on any atom is -0.343 e. The molecule has 0 bridgehead atoms. The molecule has 0 spiro atoms. The first kappa shape index (κ1) is 31.7. The van der Waals surface area contributed by atoms with Crippen LogP contribution in [0.5, 0.6) is 0 Å². The van der Waals surface area contributed by atoms with Gasteiger partial charge in [-0.3, -0.25) is 4.79 Å². The standard InChI is InChI=1S/C29H35N5O5S4/c1-29(2,3)34-43(38,39)23-14-13-21(19-11-7-8-12-20(19)23)26-22(15-18-9-5-4-6-10-18)33-28(41-26)27(35)32-16-24-31-17-25(40-24)42(30,36)37/h7-8,11-14,17-18,34H,4-6,9-10,15-16H2,1-3H3,(H,32,35)(H2,30,36,37). The molecule has 4 aromatic rings. The van der Waals surface area contributed by atoms with Crippen LogP contribution in [0, 0.1) is 5.92 Å². The van der Waals surface area contributed by atoms with Gasteiger partial charge >= 0.3 is 0 Å². The summed E-state index contributed by atoms with van der Waals surface area (Å²) < 4.78 is 52.6. The number of carbonyl (C=O) groups is 1. The van der Waals surface area contributed by atoms with E-state index in [0.717, 1.165) is 52.1 Å². The molecular formula is C29H35N5O5S4. The van der Waals surface area contributed by atoms with E-state index in [9.17, 15) is 21.6 Å². The molecule has 14 heteroatoms. The number of nitrogens with two attached hydrogens (primary N) is 1. The van der Waals surface area contributed by atoms with E-state index in [1.165, 1.54) is 36.8 Å². The molecule has 2 aromatic heterocycles. The molecule has 5 rings (SSSR count). The summed E-state index contributed by atoms with van der Waals surface area (Å²) in [6.45, 7) is 5.43. The summed E-state index contributed by atoms with van der Waals surface area (Å²) >= 11 is 2.17. The Labute approximate surface area is 260 Å². The highest BCUT2D eigenvalue weighted by Gasteiger charge is 2.27. The first-order chi connectivity index (χ1) is 20.2. The fraction of sp³-hybridized carbons (Fsp3) is 0.414. The van der Waals surface area contributed by atoms with Gasteiger partial charge in [0, 0.05) is 16.5 Å². The summed E-state index contributed by atoms with van der Waals surface area (Å²) in [6.07, 6.45) is 7.67. The molecule has 0 saturated heterocycles. The van der Waals surface area contributed by atoms with Gasteiger partial charge < -0.3 is 5.32 Å². The first-order valence-corrected chi connectivity index (χ1v) is 18.7. The minimum absolute atomic E-state index is 0.0299. The molecule has 10 nitrogen and oxygen atoms in total. The maximum Gasteiger partial charge on any atom is 0.280 e. The molecule has 4 N–H and O–H groups in total. The highest BCUT2D eigenvalue weighted by molar-refractivity contribution is 7.91. The molecule has 230 valence electrons. The molecule has 1 aliphatic carbocycles. The molecule has 0 aliphatic heterocycles. The second kappa shape index (κ2) is 12.3. The number of fused-ring (bicyclic) bond motifs is 1. The van der Waals surface area contributed by atoms with Gasteiger partial charge in [-0.15, -0.1) is 22.7 Å². The molecule has 1 aliphatic rings. The van der Waals surface area contributed by atoms with E-state index >= 15 is 0 Å². The summed E-state index contributed by atoms with van der Waals surface area (Å²) in [7, 11) is -7.67. The van der Waals surface area contributed by atoms with Crippen LogP contribution in [0.15, 0.2) is 51.7 Å². The van der Waals surface area contributed by atoms with Gasteiger partial charge in [-0.1, -0.05) is 62.4 Å². The lowest BCUT2D eigenvalue weighted by atomic mass is 9.85. The number of carbonyl (C=O) groups excluding carboxylic acids is 1. The Morgan fingerprint density at radius 1 is 1.00 bits per heavy atom. The average Bonchev–Trinajstić information content (AvgIpc) is 3.58. The number of aromatic nitrogens is 2. The number of amides is 1. The van der Waals surface area contributed by atoms with Crippen LogP contribution in [0.4, 0.5) is 0 Å². The summed E-state index contributed by atoms with van der Waals surface area (Å²) in [5, 5.41) is 10.0. The van der Waals surface area contributed by atoms with Crippen molar-refractivity contribution in [3.8, 4) is 10.4 Å².